The van der Waals surface area contributed by atoms with Crippen LogP contribution in [0.1, 0.15) is 41.5 Å². The van der Waals surface area contributed by atoms with Crippen molar-refractivity contribution in [3.8, 4) is 0 Å². The van der Waals surface area contributed by atoms with E-state index in [1.807, 2.05) is 19.3 Å². The largest absolute Gasteiger partial charge is 0.368 e. The van der Waals surface area contributed by atoms with Crippen molar-refractivity contribution in [2.24, 2.45) is 18.7 Å². The van der Waals surface area contributed by atoms with Gasteiger partial charge in [-0.15, -0.1) is 0 Å². The fourth-order valence-corrected chi connectivity index (χ4v) is 3.18. The molecule has 6 nitrogen and oxygen atoms in total. The number of primary amides is 1. The summed E-state index contributed by atoms with van der Waals surface area (Å²) in [6.07, 6.45) is 1.83. The number of rotatable bonds is 3. The van der Waals surface area contributed by atoms with Gasteiger partial charge in [-0.1, -0.05) is 19.9 Å². The van der Waals surface area contributed by atoms with E-state index < -0.39 is 23.3 Å². The number of nitrogens with two attached hydrogens (primary N) is 1. The van der Waals surface area contributed by atoms with Crippen LogP contribution in [-0.4, -0.2) is 32.7 Å². The van der Waals surface area contributed by atoms with Crippen LogP contribution in [0.3, 0.4) is 0 Å². The Balaban J connectivity index is 2.28. The Labute approximate surface area is 133 Å². The van der Waals surface area contributed by atoms with E-state index in [1.54, 1.807) is 37.5 Å². The first-order chi connectivity index (χ1) is 10.7. The van der Waals surface area contributed by atoms with E-state index >= 15 is 0 Å². The van der Waals surface area contributed by atoms with Gasteiger partial charge >= 0.3 is 0 Å². The molecule has 0 aliphatic carbocycles. The number of hydrogen-bond donors (Lipinski definition) is 1. The monoisotopic (exact) mass is 313 g/mol. The Kier molecular flexibility index (Phi) is 3.11. The molecule has 0 saturated carbocycles. The number of carbonyl (C=O) groups is 3. The zero-order valence-electron chi connectivity index (χ0n) is 13.6. The van der Waals surface area contributed by atoms with E-state index in [9.17, 15) is 14.4 Å². The number of carbonyl (C=O) groups excluding carboxylic acids is 3. The van der Waals surface area contributed by atoms with Gasteiger partial charge in [0.05, 0.1) is 16.6 Å². The molecule has 3 rings (SSSR count). The van der Waals surface area contributed by atoms with E-state index in [0.29, 0.717) is 16.6 Å². The Morgan fingerprint density at radius 2 is 1.83 bits per heavy atom. The lowest BCUT2D eigenvalue weighted by molar-refractivity contribution is -0.129. The van der Waals surface area contributed by atoms with Gasteiger partial charge in [0, 0.05) is 18.6 Å². The Hall–Kier alpha value is -2.63. The molecule has 2 N–H and O–H groups in total. The summed E-state index contributed by atoms with van der Waals surface area (Å²) in [5, 5.41) is 0.875. The highest BCUT2D eigenvalue weighted by atomic mass is 16.2. The molecule has 23 heavy (non-hydrogen) atoms. The molecule has 1 unspecified atom stereocenters. The van der Waals surface area contributed by atoms with Crippen LogP contribution >= 0.6 is 0 Å². The Morgan fingerprint density at radius 1 is 1.17 bits per heavy atom. The fraction of sp³-hybridized carbons (Fsp3) is 0.353. The summed E-state index contributed by atoms with van der Waals surface area (Å²) in [6, 6.07) is 5.32. The van der Waals surface area contributed by atoms with Crippen LogP contribution in [0.15, 0.2) is 24.4 Å². The van der Waals surface area contributed by atoms with Gasteiger partial charge < -0.3 is 10.3 Å². The van der Waals surface area contributed by atoms with Crippen LogP contribution in [0.5, 0.6) is 0 Å². The van der Waals surface area contributed by atoms with Crippen LogP contribution in [0.4, 0.5) is 0 Å². The molecule has 3 amide bonds. The first-order valence-corrected chi connectivity index (χ1v) is 7.48. The summed E-state index contributed by atoms with van der Waals surface area (Å²) in [7, 11) is 1.82. The number of aromatic nitrogens is 1. The van der Waals surface area contributed by atoms with Gasteiger partial charge in [-0.25, -0.2) is 0 Å². The second-order valence-corrected chi connectivity index (χ2v) is 6.46. The smallest absolute Gasteiger partial charge is 0.264 e. The van der Waals surface area contributed by atoms with E-state index in [0.717, 1.165) is 10.3 Å². The van der Waals surface area contributed by atoms with Gasteiger partial charge in [0.1, 0.15) is 5.54 Å². The fourth-order valence-electron chi connectivity index (χ4n) is 3.18. The SMILES string of the molecule is CC(C)C(C)(C(N)=O)N1C(=O)c2ccc3ccn(C)c3c2C1=O. The molecule has 1 aromatic carbocycles. The summed E-state index contributed by atoms with van der Waals surface area (Å²) >= 11 is 0. The molecule has 0 fully saturated rings. The second-order valence-electron chi connectivity index (χ2n) is 6.46. The molecule has 1 aromatic heterocycles. The summed E-state index contributed by atoms with van der Waals surface area (Å²) < 4.78 is 1.81. The molecule has 2 aromatic rings. The molecule has 0 radical (unpaired) electrons. The van der Waals surface area contributed by atoms with Crippen molar-refractivity contribution in [1.82, 2.24) is 9.47 Å². The zero-order valence-corrected chi connectivity index (χ0v) is 13.6. The molecule has 1 aliphatic rings. The molecule has 6 heteroatoms. The Morgan fingerprint density at radius 3 is 2.39 bits per heavy atom. The highest BCUT2D eigenvalue weighted by Gasteiger charge is 2.52. The molecule has 2 heterocycles. The maximum Gasteiger partial charge on any atom is 0.264 e. The van der Waals surface area contributed by atoms with E-state index in [4.69, 9.17) is 5.73 Å². The topological polar surface area (TPSA) is 85.4 Å². The summed E-state index contributed by atoms with van der Waals surface area (Å²) in [6.45, 7) is 5.09. The van der Waals surface area contributed by atoms with Crippen molar-refractivity contribution in [3.05, 3.63) is 35.5 Å². The van der Waals surface area contributed by atoms with Crippen molar-refractivity contribution in [3.63, 3.8) is 0 Å². The zero-order chi connectivity index (χ0) is 17.1. The highest BCUT2D eigenvalue weighted by molar-refractivity contribution is 6.27. The lowest BCUT2D eigenvalue weighted by Crippen LogP contribution is -2.60. The summed E-state index contributed by atoms with van der Waals surface area (Å²) in [4.78, 5) is 38.9. The minimum absolute atomic E-state index is 0.300. The maximum absolute atomic E-state index is 13.0. The molecule has 1 atom stereocenters. The quantitative estimate of drug-likeness (QED) is 0.875. The first-order valence-electron chi connectivity index (χ1n) is 7.48. The van der Waals surface area contributed by atoms with Crippen molar-refractivity contribution in [2.75, 3.05) is 0 Å². The molecule has 1 aliphatic heterocycles. The van der Waals surface area contributed by atoms with Crippen molar-refractivity contribution >= 4 is 28.6 Å². The van der Waals surface area contributed by atoms with Crippen LogP contribution in [0.2, 0.25) is 0 Å². The minimum Gasteiger partial charge on any atom is -0.368 e. The van der Waals surface area contributed by atoms with Gasteiger partial charge in [-0.2, -0.15) is 0 Å². The third-order valence-corrected chi connectivity index (χ3v) is 4.98. The lowest BCUT2D eigenvalue weighted by atomic mass is 9.85. The molecular weight excluding hydrogens is 294 g/mol. The standard InChI is InChI=1S/C17H19N3O3/c1-9(2)17(3,16(18)23)20-14(21)11-6-5-10-7-8-19(4)13(10)12(11)15(20)22/h5-9H,1-4H3,(H2,18,23). The van der Waals surface area contributed by atoms with E-state index in [-0.39, 0.29) is 5.92 Å². The number of fused-ring (bicyclic) bond motifs is 3. The van der Waals surface area contributed by atoms with Crippen molar-refractivity contribution in [2.45, 2.75) is 26.3 Å². The predicted molar refractivity (Wildman–Crippen MR) is 85.9 cm³/mol. The molecule has 0 spiro atoms. The third-order valence-electron chi connectivity index (χ3n) is 4.98. The number of nitrogens with zero attached hydrogens (tertiary/aromatic N) is 2. The minimum atomic E-state index is -1.37. The molecule has 0 saturated heterocycles. The van der Waals surface area contributed by atoms with Gasteiger partial charge in [0.25, 0.3) is 11.8 Å². The predicted octanol–water partition coefficient (Wildman–Crippen LogP) is 1.67. The van der Waals surface area contributed by atoms with Crippen LogP contribution in [-0.2, 0) is 11.8 Å². The van der Waals surface area contributed by atoms with Crippen LogP contribution < -0.4 is 5.73 Å². The van der Waals surface area contributed by atoms with E-state index in [2.05, 4.69) is 0 Å². The summed E-state index contributed by atoms with van der Waals surface area (Å²) in [5.41, 5.74) is 5.52. The van der Waals surface area contributed by atoms with Gasteiger partial charge in [-0.05, 0) is 25.0 Å². The third kappa shape index (κ3) is 1.78. The molecular formula is C17H19N3O3. The average Bonchev–Trinajstić information content (AvgIpc) is 2.97. The first kappa shape index (κ1) is 15.3. The number of aryl methyl sites for hydroxylation is 1. The van der Waals surface area contributed by atoms with Crippen LogP contribution in [0.25, 0.3) is 10.9 Å². The van der Waals surface area contributed by atoms with Crippen molar-refractivity contribution in [1.29, 1.82) is 0 Å². The van der Waals surface area contributed by atoms with Crippen molar-refractivity contribution < 1.29 is 14.4 Å². The second kappa shape index (κ2) is 4.68. The van der Waals surface area contributed by atoms with Gasteiger partial charge in [0.2, 0.25) is 5.91 Å². The number of hydrogen-bond acceptors (Lipinski definition) is 3. The van der Waals surface area contributed by atoms with Gasteiger partial charge in [-0.3, -0.25) is 19.3 Å². The number of amides is 3. The maximum atomic E-state index is 13.0. The molecule has 0 bridgehead atoms. The van der Waals surface area contributed by atoms with Gasteiger partial charge in [0.15, 0.2) is 0 Å². The lowest BCUT2D eigenvalue weighted by Gasteiger charge is -2.37. The number of imide groups is 1. The Bertz CT molecular complexity index is 865. The highest BCUT2D eigenvalue weighted by Crippen LogP contribution is 2.37. The van der Waals surface area contributed by atoms with E-state index in [1.165, 1.54) is 0 Å². The van der Waals surface area contributed by atoms with Crippen LogP contribution in [0, 0.1) is 5.92 Å². The number of benzene rings is 1. The summed E-state index contributed by atoms with van der Waals surface area (Å²) in [5.74, 6) is -1.92. The average molecular weight is 313 g/mol. The normalized spacial score (nSPS) is 17.0. The molecule has 120 valence electrons.